The zero-order valence-corrected chi connectivity index (χ0v) is 12.6. The summed E-state index contributed by atoms with van der Waals surface area (Å²) in [4.78, 5) is 17.0. The normalized spacial score (nSPS) is 22.9. The molecular weight excluding hydrogens is 262 g/mol. The van der Waals surface area contributed by atoms with Crippen molar-refractivity contribution in [2.24, 2.45) is 5.73 Å². The van der Waals surface area contributed by atoms with E-state index in [0.29, 0.717) is 19.1 Å². The zero-order chi connectivity index (χ0) is 14.7. The predicted octanol–water partition coefficient (Wildman–Crippen LogP) is 1.78. The minimum absolute atomic E-state index is 0.225. The lowest BCUT2D eigenvalue weighted by Crippen LogP contribution is -2.50. The van der Waals surface area contributed by atoms with Gasteiger partial charge < -0.3 is 10.6 Å². The number of hydrogen-bond donors (Lipinski definition) is 1. The van der Waals surface area contributed by atoms with E-state index in [-0.39, 0.29) is 5.91 Å². The van der Waals surface area contributed by atoms with Crippen LogP contribution in [0.2, 0.25) is 0 Å². The number of benzene rings is 1. The average Bonchev–Trinajstić information content (AvgIpc) is 2.54. The minimum Gasteiger partial charge on any atom is -0.329 e. The molecule has 1 aromatic rings. The fourth-order valence-corrected chi connectivity index (χ4v) is 3.59. The highest BCUT2D eigenvalue weighted by Gasteiger charge is 2.27. The van der Waals surface area contributed by atoms with Crippen LogP contribution in [0.3, 0.4) is 0 Å². The number of piperidine rings is 1. The van der Waals surface area contributed by atoms with Crippen LogP contribution in [0.5, 0.6) is 0 Å². The smallest absolute Gasteiger partial charge is 0.241 e. The first-order valence-electron chi connectivity index (χ1n) is 8.12. The Hall–Kier alpha value is -1.39. The van der Waals surface area contributed by atoms with Crippen LogP contribution in [0.15, 0.2) is 24.3 Å². The Bertz CT molecular complexity index is 503. The van der Waals surface area contributed by atoms with Crippen molar-refractivity contribution >= 4 is 11.6 Å². The third-order valence-corrected chi connectivity index (χ3v) is 4.77. The SMILES string of the molecule is NCC1CCCCN1CC(=O)N1CCCc2ccccc21. The molecule has 21 heavy (non-hydrogen) atoms. The first-order chi connectivity index (χ1) is 10.3. The van der Waals surface area contributed by atoms with Crippen LogP contribution in [0, 0.1) is 0 Å². The molecule has 2 aliphatic rings. The van der Waals surface area contributed by atoms with Crippen molar-refractivity contribution < 1.29 is 4.79 Å². The molecule has 1 unspecified atom stereocenters. The molecular formula is C17H25N3O. The summed E-state index contributed by atoms with van der Waals surface area (Å²) in [5.74, 6) is 0.225. The maximum atomic E-state index is 12.7. The third kappa shape index (κ3) is 3.11. The molecule has 4 nitrogen and oxygen atoms in total. The number of anilines is 1. The van der Waals surface area contributed by atoms with Gasteiger partial charge in [0.05, 0.1) is 6.54 Å². The van der Waals surface area contributed by atoms with Gasteiger partial charge in [0.25, 0.3) is 0 Å². The van der Waals surface area contributed by atoms with E-state index in [9.17, 15) is 4.79 Å². The highest BCUT2D eigenvalue weighted by Crippen LogP contribution is 2.27. The molecule has 114 valence electrons. The van der Waals surface area contributed by atoms with E-state index in [2.05, 4.69) is 23.1 Å². The van der Waals surface area contributed by atoms with Gasteiger partial charge in [-0.1, -0.05) is 24.6 Å². The van der Waals surface area contributed by atoms with Gasteiger partial charge in [0.1, 0.15) is 0 Å². The highest BCUT2D eigenvalue weighted by molar-refractivity contribution is 5.96. The topological polar surface area (TPSA) is 49.6 Å². The molecule has 0 aliphatic carbocycles. The largest absolute Gasteiger partial charge is 0.329 e. The van der Waals surface area contributed by atoms with Gasteiger partial charge in [-0.05, 0) is 43.9 Å². The van der Waals surface area contributed by atoms with Crippen molar-refractivity contribution in [3.8, 4) is 0 Å². The second-order valence-electron chi connectivity index (χ2n) is 6.13. The number of fused-ring (bicyclic) bond motifs is 1. The first-order valence-corrected chi connectivity index (χ1v) is 8.12. The quantitative estimate of drug-likeness (QED) is 0.922. The summed E-state index contributed by atoms with van der Waals surface area (Å²) in [6.07, 6.45) is 5.68. The Balaban J connectivity index is 1.71. The molecule has 1 amide bonds. The van der Waals surface area contributed by atoms with Crippen LogP contribution in [0.1, 0.15) is 31.2 Å². The predicted molar refractivity (Wildman–Crippen MR) is 85.4 cm³/mol. The van der Waals surface area contributed by atoms with Gasteiger partial charge >= 0.3 is 0 Å². The summed E-state index contributed by atoms with van der Waals surface area (Å²) in [5.41, 5.74) is 8.26. The maximum Gasteiger partial charge on any atom is 0.241 e. The lowest BCUT2D eigenvalue weighted by Gasteiger charge is -2.37. The average molecular weight is 287 g/mol. The van der Waals surface area contributed by atoms with E-state index in [1.807, 2.05) is 11.0 Å². The monoisotopic (exact) mass is 287 g/mol. The summed E-state index contributed by atoms with van der Waals surface area (Å²) >= 11 is 0. The molecule has 2 N–H and O–H groups in total. The lowest BCUT2D eigenvalue weighted by atomic mass is 10.0. The van der Waals surface area contributed by atoms with Crippen molar-refractivity contribution in [2.75, 3.05) is 31.1 Å². The molecule has 1 fully saturated rings. The van der Waals surface area contributed by atoms with Gasteiger partial charge in [0, 0.05) is 24.8 Å². The summed E-state index contributed by atoms with van der Waals surface area (Å²) in [6, 6.07) is 8.67. The summed E-state index contributed by atoms with van der Waals surface area (Å²) < 4.78 is 0. The zero-order valence-electron chi connectivity index (χ0n) is 12.6. The van der Waals surface area contributed by atoms with Gasteiger partial charge in [-0.25, -0.2) is 0 Å². The van der Waals surface area contributed by atoms with Crippen LogP contribution >= 0.6 is 0 Å². The summed E-state index contributed by atoms with van der Waals surface area (Å²) in [5, 5.41) is 0. The Morgan fingerprint density at radius 2 is 2.05 bits per heavy atom. The number of amides is 1. The fourth-order valence-electron chi connectivity index (χ4n) is 3.59. The fraction of sp³-hybridized carbons (Fsp3) is 0.588. The van der Waals surface area contributed by atoms with Crippen molar-refractivity contribution in [3.05, 3.63) is 29.8 Å². The van der Waals surface area contributed by atoms with Crippen molar-refractivity contribution in [1.29, 1.82) is 0 Å². The van der Waals surface area contributed by atoms with Crippen LogP contribution in [-0.2, 0) is 11.2 Å². The van der Waals surface area contributed by atoms with Crippen molar-refractivity contribution in [2.45, 2.75) is 38.1 Å². The summed E-state index contributed by atoms with van der Waals surface area (Å²) in [6.45, 7) is 3.01. The number of carbonyl (C=O) groups is 1. The second-order valence-corrected chi connectivity index (χ2v) is 6.13. The van der Waals surface area contributed by atoms with Crippen molar-refractivity contribution in [1.82, 2.24) is 4.90 Å². The maximum absolute atomic E-state index is 12.7. The van der Waals surface area contributed by atoms with E-state index >= 15 is 0 Å². The molecule has 1 atom stereocenters. The van der Waals surface area contributed by atoms with Crippen molar-refractivity contribution in [3.63, 3.8) is 0 Å². The number of likely N-dealkylation sites (tertiary alicyclic amines) is 1. The Labute approximate surface area is 126 Å². The van der Waals surface area contributed by atoms with E-state index < -0.39 is 0 Å². The second kappa shape index (κ2) is 6.58. The summed E-state index contributed by atoms with van der Waals surface area (Å²) in [7, 11) is 0. The Morgan fingerprint density at radius 3 is 2.90 bits per heavy atom. The highest BCUT2D eigenvalue weighted by atomic mass is 16.2. The van der Waals surface area contributed by atoms with Crippen LogP contribution in [0.25, 0.3) is 0 Å². The van der Waals surface area contributed by atoms with Gasteiger partial charge in [0.2, 0.25) is 5.91 Å². The molecule has 0 saturated carbocycles. The van der Waals surface area contributed by atoms with Gasteiger partial charge in [0.15, 0.2) is 0 Å². The van der Waals surface area contributed by atoms with E-state index in [0.717, 1.165) is 38.0 Å². The number of para-hydroxylation sites is 1. The minimum atomic E-state index is 0.225. The number of nitrogens with two attached hydrogens (primary N) is 1. The molecule has 0 aromatic heterocycles. The lowest BCUT2D eigenvalue weighted by molar-refractivity contribution is -0.120. The van der Waals surface area contributed by atoms with Crippen LogP contribution in [-0.4, -0.2) is 43.0 Å². The Morgan fingerprint density at radius 1 is 1.19 bits per heavy atom. The van der Waals surface area contributed by atoms with Gasteiger partial charge in [-0.2, -0.15) is 0 Å². The standard InChI is InChI=1S/C17H25N3O/c18-12-15-8-3-4-10-19(15)13-17(21)20-11-5-7-14-6-1-2-9-16(14)20/h1-2,6,9,15H,3-5,7-8,10-13,18H2. The number of rotatable bonds is 3. The van der Waals surface area contributed by atoms with E-state index in [1.165, 1.54) is 18.4 Å². The molecule has 4 heteroatoms. The molecule has 2 heterocycles. The number of hydrogen-bond acceptors (Lipinski definition) is 3. The van der Waals surface area contributed by atoms with Crippen LogP contribution < -0.4 is 10.6 Å². The molecule has 3 rings (SSSR count). The molecule has 1 saturated heterocycles. The third-order valence-electron chi connectivity index (χ3n) is 4.77. The molecule has 2 aliphatic heterocycles. The molecule has 0 bridgehead atoms. The van der Waals surface area contributed by atoms with Gasteiger partial charge in [-0.3, -0.25) is 9.69 Å². The number of carbonyl (C=O) groups excluding carboxylic acids is 1. The van der Waals surface area contributed by atoms with E-state index in [4.69, 9.17) is 5.73 Å². The van der Waals surface area contributed by atoms with E-state index in [1.54, 1.807) is 0 Å². The number of nitrogens with zero attached hydrogens (tertiary/aromatic N) is 2. The first kappa shape index (κ1) is 14.5. The van der Waals surface area contributed by atoms with Crippen LogP contribution in [0.4, 0.5) is 5.69 Å². The number of aryl methyl sites for hydroxylation is 1. The van der Waals surface area contributed by atoms with Gasteiger partial charge in [-0.15, -0.1) is 0 Å². The molecule has 1 aromatic carbocycles. The molecule has 0 spiro atoms. The Kier molecular flexibility index (Phi) is 4.56. The molecule has 0 radical (unpaired) electrons.